The van der Waals surface area contributed by atoms with Crippen LogP contribution in [0.3, 0.4) is 0 Å². The summed E-state index contributed by atoms with van der Waals surface area (Å²) in [6.45, 7) is 2.52. The quantitative estimate of drug-likeness (QED) is 0.381. The fourth-order valence-corrected chi connectivity index (χ4v) is 3.45. The SMILES string of the molecule is CC(=O)Nc1ccc(CNc2ncc([N+](=O)[O-])c(NC[C@H]3CC[C@H](N)CC3)n2)cc1. The zero-order chi connectivity index (χ0) is 21.5. The van der Waals surface area contributed by atoms with Gasteiger partial charge >= 0.3 is 5.69 Å². The first-order valence-electron chi connectivity index (χ1n) is 10.0. The molecule has 0 atom stereocenters. The van der Waals surface area contributed by atoms with E-state index in [1.807, 2.05) is 12.1 Å². The highest BCUT2D eigenvalue weighted by Crippen LogP contribution is 2.26. The van der Waals surface area contributed by atoms with Gasteiger partial charge in [0.15, 0.2) is 0 Å². The predicted octanol–water partition coefficient (Wildman–Crippen LogP) is 2.88. The van der Waals surface area contributed by atoms with E-state index in [2.05, 4.69) is 25.9 Å². The molecule has 0 bridgehead atoms. The number of hydrogen-bond donors (Lipinski definition) is 4. The number of carbonyl (C=O) groups excluding carboxylic acids is 1. The summed E-state index contributed by atoms with van der Waals surface area (Å²) in [4.78, 5) is 30.3. The van der Waals surface area contributed by atoms with Crippen molar-refractivity contribution in [3.63, 3.8) is 0 Å². The molecule has 1 aromatic carbocycles. The van der Waals surface area contributed by atoms with Crippen molar-refractivity contribution in [3.05, 3.63) is 46.1 Å². The lowest BCUT2D eigenvalue weighted by Gasteiger charge is -2.26. The third-order valence-electron chi connectivity index (χ3n) is 5.14. The first-order valence-corrected chi connectivity index (χ1v) is 10.0. The lowest BCUT2D eigenvalue weighted by Crippen LogP contribution is -2.29. The van der Waals surface area contributed by atoms with E-state index < -0.39 is 4.92 Å². The highest BCUT2D eigenvalue weighted by atomic mass is 16.6. The van der Waals surface area contributed by atoms with Gasteiger partial charge in [-0.25, -0.2) is 4.98 Å². The normalized spacial score (nSPS) is 18.5. The van der Waals surface area contributed by atoms with Crippen molar-refractivity contribution in [2.45, 2.75) is 45.2 Å². The second kappa shape index (κ2) is 9.97. The summed E-state index contributed by atoms with van der Waals surface area (Å²) in [6, 6.07) is 7.61. The van der Waals surface area contributed by atoms with E-state index in [0.29, 0.717) is 30.6 Å². The van der Waals surface area contributed by atoms with Crippen molar-refractivity contribution in [2.24, 2.45) is 11.7 Å². The van der Waals surface area contributed by atoms with Gasteiger partial charge in [-0.05, 0) is 49.3 Å². The number of aromatic nitrogens is 2. The Bertz CT molecular complexity index is 880. The Balaban J connectivity index is 1.61. The number of amides is 1. The van der Waals surface area contributed by atoms with Crippen LogP contribution in [0.2, 0.25) is 0 Å². The highest BCUT2D eigenvalue weighted by Gasteiger charge is 2.21. The van der Waals surface area contributed by atoms with Gasteiger partial charge in [0, 0.05) is 31.7 Å². The van der Waals surface area contributed by atoms with Crippen molar-refractivity contribution in [1.82, 2.24) is 9.97 Å². The summed E-state index contributed by atoms with van der Waals surface area (Å²) < 4.78 is 0. The van der Waals surface area contributed by atoms with Gasteiger partial charge in [-0.15, -0.1) is 0 Å². The van der Waals surface area contributed by atoms with E-state index in [-0.39, 0.29) is 23.5 Å². The van der Waals surface area contributed by atoms with Crippen LogP contribution in [0.15, 0.2) is 30.5 Å². The number of nitrogens with zero attached hydrogens (tertiary/aromatic N) is 3. The van der Waals surface area contributed by atoms with E-state index in [1.165, 1.54) is 13.1 Å². The molecule has 10 heteroatoms. The van der Waals surface area contributed by atoms with E-state index >= 15 is 0 Å². The summed E-state index contributed by atoms with van der Waals surface area (Å²) in [6.07, 6.45) is 5.19. The van der Waals surface area contributed by atoms with Crippen LogP contribution in [-0.4, -0.2) is 33.4 Å². The Labute approximate surface area is 174 Å². The molecule has 1 heterocycles. The van der Waals surface area contributed by atoms with Crippen LogP contribution in [0, 0.1) is 16.0 Å². The summed E-state index contributed by atoms with van der Waals surface area (Å²) in [5, 5.41) is 20.3. The molecule has 0 saturated heterocycles. The van der Waals surface area contributed by atoms with Crippen molar-refractivity contribution in [3.8, 4) is 0 Å². The van der Waals surface area contributed by atoms with Crippen molar-refractivity contribution in [2.75, 3.05) is 22.5 Å². The Hall–Kier alpha value is -3.27. The van der Waals surface area contributed by atoms with E-state index in [4.69, 9.17) is 5.73 Å². The maximum atomic E-state index is 11.3. The van der Waals surface area contributed by atoms with Crippen LogP contribution in [0.5, 0.6) is 0 Å². The van der Waals surface area contributed by atoms with Crippen LogP contribution in [0.25, 0.3) is 0 Å². The second-order valence-corrected chi connectivity index (χ2v) is 7.58. The van der Waals surface area contributed by atoms with Gasteiger partial charge in [-0.3, -0.25) is 14.9 Å². The van der Waals surface area contributed by atoms with Gasteiger partial charge in [0.05, 0.1) is 4.92 Å². The predicted molar refractivity (Wildman–Crippen MR) is 115 cm³/mol. The van der Waals surface area contributed by atoms with Crippen LogP contribution in [0.1, 0.15) is 38.2 Å². The van der Waals surface area contributed by atoms with Gasteiger partial charge in [-0.2, -0.15) is 4.98 Å². The van der Waals surface area contributed by atoms with Gasteiger partial charge in [0.1, 0.15) is 6.20 Å². The van der Waals surface area contributed by atoms with Crippen molar-refractivity contribution >= 4 is 29.0 Å². The molecule has 160 valence electrons. The number of carbonyl (C=O) groups is 1. The summed E-state index contributed by atoms with van der Waals surface area (Å²) in [5.74, 6) is 0.822. The molecule has 0 radical (unpaired) electrons. The molecule has 1 saturated carbocycles. The smallest absolute Gasteiger partial charge is 0.329 e. The number of anilines is 3. The average molecular weight is 413 g/mol. The Morgan fingerprint density at radius 3 is 2.53 bits per heavy atom. The molecular weight excluding hydrogens is 386 g/mol. The molecule has 0 unspecified atom stereocenters. The number of nitrogens with one attached hydrogen (secondary N) is 3. The average Bonchev–Trinajstić information content (AvgIpc) is 2.72. The van der Waals surface area contributed by atoms with E-state index in [9.17, 15) is 14.9 Å². The highest BCUT2D eigenvalue weighted by molar-refractivity contribution is 5.88. The summed E-state index contributed by atoms with van der Waals surface area (Å²) in [5.41, 5.74) is 7.47. The van der Waals surface area contributed by atoms with Gasteiger partial charge < -0.3 is 21.7 Å². The molecule has 10 nitrogen and oxygen atoms in total. The first kappa shape index (κ1) is 21.4. The molecule has 1 amide bonds. The molecular formula is C20H27N7O3. The molecule has 1 fully saturated rings. The zero-order valence-electron chi connectivity index (χ0n) is 16.9. The lowest BCUT2D eigenvalue weighted by atomic mass is 9.86. The molecule has 5 N–H and O–H groups in total. The molecule has 3 rings (SSSR count). The minimum Gasteiger partial charge on any atom is -0.364 e. The topological polar surface area (TPSA) is 148 Å². The first-order chi connectivity index (χ1) is 14.4. The van der Waals surface area contributed by atoms with Gasteiger partial charge in [0.25, 0.3) is 0 Å². The third kappa shape index (κ3) is 6.11. The second-order valence-electron chi connectivity index (χ2n) is 7.58. The van der Waals surface area contributed by atoms with E-state index in [0.717, 1.165) is 31.2 Å². The molecule has 2 aromatic rings. The lowest BCUT2D eigenvalue weighted by molar-refractivity contribution is -0.384. The Kier molecular flexibility index (Phi) is 7.12. The maximum absolute atomic E-state index is 11.3. The molecule has 1 aliphatic rings. The van der Waals surface area contributed by atoms with Crippen molar-refractivity contribution < 1.29 is 9.72 Å². The zero-order valence-corrected chi connectivity index (χ0v) is 16.9. The molecule has 0 aliphatic heterocycles. The van der Waals surface area contributed by atoms with Gasteiger partial charge in [-0.1, -0.05) is 12.1 Å². The molecule has 1 aromatic heterocycles. The van der Waals surface area contributed by atoms with Crippen LogP contribution in [-0.2, 0) is 11.3 Å². The third-order valence-corrected chi connectivity index (χ3v) is 5.14. The number of nitrogens with two attached hydrogens (primary N) is 1. The molecule has 0 spiro atoms. The van der Waals surface area contributed by atoms with Crippen LogP contribution < -0.4 is 21.7 Å². The summed E-state index contributed by atoms with van der Waals surface area (Å²) >= 11 is 0. The largest absolute Gasteiger partial charge is 0.364 e. The number of benzene rings is 1. The monoisotopic (exact) mass is 413 g/mol. The fraction of sp³-hybridized carbons (Fsp3) is 0.450. The summed E-state index contributed by atoms with van der Waals surface area (Å²) in [7, 11) is 0. The van der Waals surface area contributed by atoms with Gasteiger partial charge in [0.2, 0.25) is 17.7 Å². The number of nitro groups is 1. The number of hydrogen-bond acceptors (Lipinski definition) is 8. The van der Waals surface area contributed by atoms with Crippen LogP contribution in [0.4, 0.5) is 23.1 Å². The standard InChI is InChI=1S/C20H27N7O3/c1-13(28)25-17-8-4-15(5-9-17)11-23-20-24-12-18(27(29)30)19(26-20)22-10-14-2-6-16(21)7-3-14/h4-5,8-9,12,14,16H,2-3,6-7,10-11,21H2,1H3,(H,25,28)(H2,22,23,24,26)/t14-,16-. The van der Waals surface area contributed by atoms with E-state index in [1.54, 1.807) is 12.1 Å². The molecule has 30 heavy (non-hydrogen) atoms. The van der Waals surface area contributed by atoms with Crippen LogP contribution >= 0.6 is 0 Å². The fourth-order valence-electron chi connectivity index (χ4n) is 3.45. The Morgan fingerprint density at radius 2 is 1.90 bits per heavy atom. The minimum absolute atomic E-state index is 0.128. The maximum Gasteiger partial charge on any atom is 0.329 e. The molecule has 1 aliphatic carbocycles. The Morgan fingerprint density at radius 1 is 1.20 bits per heavy atom. The van der Waals surface area contributed by atoms with Crippen molar-refractivity contribution in [1.29, 1.82) is 0 Å². The minimum atomic E-state index is -0.482. The number of rotatable bonds is 8.